The number of hydrogen-bond donors (Lipinski definition) is 0. The third-order valence-electron chi connectivity index (χ3n) is 4.07. The maximum Gasteiger partial charge on any atom is 0.256 e. The van der Waals surface area contributed by atoms with Crippen LogP contribution in [0.1, 0.15) is 0 Å². The molecule has 0 radical (unpaired) electrons. The van der Waals surface area contributed by atoms with Crippen LogP contribution in [0, 0.1) is 0 Å². The zero-order chi connectivity index (χ0) is 17.4. The molecule has 0 bridgehead atoms. The Balaban J connectivity index is 1.69. The predicted molar refractivity (Wildman–Crippen MR) is 96.3 cm³/mol. The predicted octanol–water partition coefficient (Wildman–Crippen LogP) is 2.68. The minimum atomic E-state index is -3.45. The second kappa shape index (κ2) is 5.93. The molecular weight excluding hydrogens is 340 g/mol. The normalized spacial score (nSPS) is 18.4. The second-order valence-electron chi connectivity index (χ2n) is 5.74. The van der Waals surface area contributed by atoms with Crippen LogP contribution in [0.5, 0.6) is 11.5 Å². The van der Waals surface area contributed by atoms with E-state index in [1.807, 2.05) is 42.5 Å². The average Bonchev–Trinajstić information content (AvgIpc) is 2.61. The molecule has 2 aliphatic rings. The number of rotatable bonds is 3. The Labute approximate surface area is 145 Å². The Morgan fingerprint density at radius 3 is 2.64 bits per heavy atom. The minimum Gasteiger partial charge on any atom is -0.497 e. The molecule has 2 aromatic rings. The molecule has 7 heteroatoms. The summed E-state index contributed by atoms with van der Waals surface area (Å²) >= 11 is 0. The Hall–Kier alpha value is -2.80. The van der Waals surface area contributed by atoms with Gasteiger partial charge in [0.05, 0.1) is 12.9 Å². The van der Waals surface area contributed by atoms with Gasteiger partial charge in [-0.1, -0.05) is 12.1 Å². The molecule has 6 nitrogen and oxygen atoms in total. The average molecular weight is 356 g/mol. The van der Waals surface area contributed by atoms with E-state index in [2.05, 4.69) is 4.40 Å². The molecule has 0 spiro atoms. The van der Waals surface area contributed by atoms with Crippen LogP contribution in [0.3, 0.4) is 0 Å². The molecule has 2 aliphatic heterocycles. The third-order valence-corrected chi connectivity index (χ3v) is 5.22. The SMILES string of the molecule is COc1ccc2ccc(OC3=CC=CN4CCS(=O)(=O)N=C34)cc2c1. The van der Waals surface area contributed by atoms with Gasteiger partial charge in [-0.25, -0.2) is 8.42 Å². The van der Waals surface area contributed by atoms with E-state index >= 15 is 0 Å². The van der Waals surface area contributed by atoms with Gasteiger partial charge in [0.1, 0.15) is 11.5 Å². The van der Waals surface area contributed by atoms with Crippen LogP contribution in [0.2, 0.25) is 0 Å². The van der Waals surface area contributed by atoms with Gasteiger partial charge >= 0.3 is 0 Å². The molecular formula is C18H16N2O4S. The lowest BCUT2D eigenvalue weighted by Crippen LogP contribution is -2.39. The number of allylic oxidation sites excluding steroid dienone is 2. The number of ether oxygens (including phenoxy) is 2. The highest BCUT2D eigenvalue weighted by Crippen LogP contribution is 2.27. The molecule has 0 saturated carbocycles. The Bertz CT molecular complexity index is 1040. The van der Waals surface area contributed by atoms with Crippen LogP contribution in [0.4, 0.5) is 0 Å². The van der Waals surface area contributed by atoms with E-state index in [4.69, 9.17) is 9.47 Å². The molecule has 0 fully saturated rings. The number of hydrogen-bond acceptors (Lipinski definition) is 5. The highest BCUT2D eigenvalue weighted by atomic mass is 32.2. The van der Waals surface area contributed by atoms with Crippen molar-refractivity contribution in [3.05, 3.63) is 60.5 Å². The molecule has 0 N–H and O–H groups in total. The quantitative estimate of drug-likeness (QED) is 0.846. The molecule has 4 rings (SSSR count). The van der Waals surface area contributed by atoms with Crippen molar-refractivity contribution in [1.29, 1.82) is 0 Å². The fourth-order valence-corrected chi connectivity index (χ4v) is 3.77. The van der Waals surface area contributed by atoms with Crippen molar-refractivity contribution < 1.29 is 17.9 Å². The lowest BCUT2D eigenvalue weighted by molar-refractivity contribution is 0.415. The lowest BCUT2D eigenvalue weighted by Gasteiger charge is -2.28. The van der Waals surface area contributed by atoms with Crippen molar-refractivity contribution in [3.8, 4) is 11.5 Å². The first-order valence-corrected chi connectivity index (χ1v) is 9.39. The van der Waals surface area contributed by atoms with Crippen molar-refractivity contribution in [1.82, 2.24) is 4.90 Å². The molecule has 2 aromatic carbocycles. The highest BCUT2D eigenvalue weighted by molar-refractivity contribution is 7.90. The fraction of sp³-hybridized carbons (Fsp3) is 0.167. The van der Waals surface area contributed by atoms with Crippen LogP contribution in [0.25, 0.3) is 10.8 Å². The Morgan fingerprint density at radius 1 is 1.08 bits per heavy atom. The Morgan fingerprint density at radius 2 is 1.84 bits per heavy atom. The number of sulfonamides is 1. The number of methoxy groups -OCH3 is 1. The summed E-state index contributed by atoms with van der Waals surface area (Å²) in [5.41, 5.74) is 0. The van der Waals surface area contributed by atoms with E-state index in [0.717, 1.165) is 16.5 Å². The number of benzene rings is 2. The van der Waals surface area contributed by atoms with Crippen molar-refractivity contribution >= 4 is 26.6 Å². The summed E-state index contributed by atoms with van der Waals surface area (Å²) in [6, 6.07) is 11.5. The summed E-state index contributed by atoms with van der Waals surface area (Å²) in [6.45, 7) is 0.368. The van der Waals surface area contributed by atoms with Gasteiger partial charge < -0.3 is 14.4 Å². The second-order valence-corrected chi connectivity index (χ2v) is 7.50. The van der Waals surface area contributed by atoms with Gasteiger partial charge in [-0.15, -0.1) is 4.40 Å². The zero-order valence-corrected chi connectivity index (χ0v) is 14.4. The zero-order valence-electron chi connectivity index (χ0n) is 13.5. The molecule has 0 aliphatic carbocycles. The lowest BCUT2D eigenvalue weighted by atomic mass is 10.1. The van der Waals surface area contributed by atoms with Crippen LogP contribution < -0.4 is 9.47 Å². The number of fused-ring (bicyclic) bond motifs is 2. The van der Waals surface area contributed by atoms with E-state index in [-0.39, 0.29) is 5.75 Å². The van der Waals surface area contributed by atoms with E-state index in [0.29, 0.717) is 23.9 Å². The third kappa shape index (κ3) is 3.10. The van der Waals surface area contributed by atoms with Gasteiger partial charge in [0.25, 0.3) is 10.0 Å². The van der Waals surface area contributed by atoms with E-state index in [9.17, 15) is 8.42 Å². The summed E-state index contributed by atoms with van der Waals surface area (Å²) in [7, 11) is -1.83. The van der Waals surface area contributed by atoms with Gasteiger partial charge in [-0.3, -0.25) is 0 Å². The molecule has 2 heterocycles. The first-order chi connectivity index (χ1) is 12.0. The van der Waals surface area contributed by atoms with Gasteiger partial charge in [-0.05, 0) is 47.2 Å². The minimum absolute atomic E-state index is 0.00386. The summed E-state index contributed by atoms with van der Waals surface area (Å²) in [5, 5.41) is 2.03. The van der Waals surface area contributed by atoms with Gasteiger partial charge in [0.2, 0.25) is 0 Å². The van der Waals surface area contributed by atoms with Crippen LogP contribution >= 0.6 is 0 Å². The standard InChI is InChI=1S/C18H16N2O4S/c1-23-15-6-4-13-5-7-16(12-14(13)11-15)24-17-3-2-8-20-9-10-25(21,22)19-18(17)20/h2-8,11-12H,9-10H2,1H3. The maximum absolute atomic E-state index is 11.8. The smallest absolute Gasteiger partial charge is 0.256 e. The molecule has 128 valence electrons. The van der Waals surface area contributed by atoms with Crippen LogP contribution in [-0.4, -0.2) is 38.6 Å². The highest BCUT2D eigenvalue weighted by Gasteiger charge is 2.28. The topological polar surface area (TPSA) is 68.2 Å². The van der Waals surface area contributed by atoms with Gasteiger partial charge in [0.15, 0.2) is 11.6 Å². The fourth-order valence-electron chi connectivity index (χ4n) is 2.79. The molecule has 0 unspecified atom stereocenters. The first-order valence-electron chi connectivity index (χ1n) is 7.78. The van der Waals surface area contributed by atoms with Crippen molar-refractivity contribution in [2.45, 2.75) is 0 Å². The largest absolute Gasteiger partial charge is 0.497 e. The van der Waals surface area contributed by atoms with Crippen molar-refractivity contribution in [2.75, 3.05) is 19.4 Å². The Kier molecular flexibility index (Phi) is 3.73. The monoisotopic (exact) mass is 356 g/mol. The van der Waals surface area contributed by atoms with Crippen LogP contribution in [-0.2, 0) is 10.0 Å². The number of nitrogens with zero attached hydrogens (tertiary/aromatic N) is 2. The van der Waals surface area contributed by atoms with E-state index < -0.39 is 10.0 Å². The van der Waals surface area contributed by atoms with Gasteiger partial charge in [0, 0.05) is 12.7 Å². The van der Waals surface area contributed by atoms with E-state index in [1.54, 1.807) is 24.3 Å². The first kappa shape index (κ1) is 15.7. The number of amidine groups is 1. The summed E-state index contributed by atoms with van der Waals surface area (Å²) < 4.78 is 38.7. The molecule has 0 amide bonds. The summed E-state index contributed by atoms with van der Waals surface area (Å²) in [5.74, 6) is 2.10. The van der Waals surface area contributed by atoms with Gasteiger partial charge in [-0.2, -0.15) is 0 Å². The van der Waals surface area contributed by atoms with Crippen molar-refractivity contribution in [3.63, 3.8) is 0 Å². The molecule has 0 aromatic heterocycles. The maximum atomic E-state index is 11.8. The van der Waals surface area contributed by atoms with Crippen LogP contribution in [0.15, 0.2) is 64.9 Å². The molecule has 0 atom stereocenters. The molecule has 25 heavy (non-hydrogen) atoms. The van der Waals surface area contributed by atoms with E-state index in [1.165, 1.54) is 0 Å². The van der Waals surface area contributed by atoms with Crippen molar-refractivity contribution in [2.24, 2.45) is 4.40 Å². The molecule has 0 saturated heterocycles. The summed E-state index contributed by atoms with van der Waals surface area (Å²) in [6.07, 6.45) is 5.33. The summed E-state index contributed by atoms with van der Waals surface area (Å²) in [4.78, 5) is 1.78.